The number of ether oxygens (including phenoxy) is 1. The van der Waals surface area contributed by atoms with Crippen molar-refractivity contribution in [1.82, 2.24) is 5.32 Å². The third kappa shape index (κ3) is 5.17. The number of halogens is 1. The first-order valence-electron chi connectivity index (χ1n) is 7.83. The first-order chi connectivity index (χ1) is 10.0. The van der Waals surface area contributed by atoms with E-state index in [4.69, 9.17) is 16.3 Å². The fourth-order valence-corrected chi connectivity index (χ4v) is 2.81. The van der Waals surface area contributed by atoms with E-state index in [9.17, 15) is 0 Å². The fraction of sp³-hybridized carbons (Fsp3) is 0.647. The molecule has 0 radical (unpaired) electrons. The van der Waals surface area contributed by atoms with E-state index in [2.05, 4.69) is 56.1 Å². The van der Waals surface area contributed by atoms with Crippen molar-refractivity contribution in [2.75, 3.05) is 31.7 Å². The Morgan fingerprint density at radius 3 is 2.52 bits per heavy atom. The Kier molecular flexibility index (Phi) is 8.09. The Bertz CT molecular complexity index is 425. The number of nitrogens with zero attached hydrogens (tertiary/aromatic N) is 1. The summed E-state index contributed by atoms with van der Waals surface area (Å²) in [7, 11) is 1.74. The monoisotopic (exact) mass is 312 g/mol. The van der Waals surface area contributed by atoms with Gasteiger partial charge in [-0.3, -0.25) is 0 Å². The summed E-state index contributed by atoms with van der Waals surface area (Å²) in [6.07, 6.45) is 1.09. The minimum Gasteiger partial charge on any atom is -0.383 e. The summed E-state index contributed by atoms with van der Waals surface area (Å²) in [6, 6.07) is 7.11. The first kappa shape index (κ1) is 18.3. The van der Waals surface area contributed by atoms with Crippen molar-refractivity contribution in [3.63, 3.8) is 0 Å². The molecule has 0 heterocycles. The Morgan fingerprint density at radius 2 is 2.00 bits per heavy atom. The van der Waals surface area contributed by atoms with Crippen LogP contribution in [0.1, 0.15) is 45.7 Å². The Labute approximate surface area is 134 Å². The van der Waals surface area contributed by atoms with E-state index in [-0.39, 0.29) is 6.04 Å². The number of methoxy groups -OCH3 is 1. The lowest BCUT2D eigenvalue weighted by Gasteiger charge is -2.31. The van der Waals surface area contributed by atoms with Crippen LogP contribution in [-0.4, -0.2) is 32.8 Å². The van der Waals surface area contributed by atoms with Crippen LogP contribution in [0.5, 0.6) is 0 Å². The molecule has 0 bridgehead atoms. The maximum atomic E-state index is 6.49. The van der Waals surface area contributed by atoms with Crippen LogP contribution in [0, 0.1) is 0 Å². The van der Waals surface area contributed by atoms with Crippen LogP contribution in [0.25, 0.3) is 0 Å². The number of benzene rings is 1. The molecule has 21 heavy (non-hydrogen) atoms. The zero-order valence-corrected chi connectivity index (χ0v) is 14.7. The molecule has 2 unspecified atom stereocenters. The highest BCUT2D eigenvalue weighted by Crippen LogP contribution is 2.29. The van der Waals surface area contributed by atoms with E-state index in [1.165, 1.54) is 5.69 Å². The van der Waals surface area contributed by atoms with E-state index < -0.39 is 0 Å². The fourth-order valence-electron chi connectivity index (χ4n) is 2.48. The van der Waals surface area contributed by atoms with Crippen LogP contribution in [0.4, 0.5) is 5.69 Å². The molecule has 4 heteroatoms. The number of nitrogens with one attached hydrogen (secondary N) is 1. The third-order valence-corrected chi connectivity index (χ3v) is 4.28. The molecule has 3 nitrogen and oxygen atoms in total. The number of hydrogen-bond donors (Lipinski definition) is 1. The van der Waals surface area contributed by atoms with Crippen molar-refractivity contribution in [2.45, 2.75) is 46.2 Å². The van der Waals surface area contributed by atoms with Gasteiger partial charge in [-0.2, -0.15) is 0 Å². The average molecular weight is 313 g/mol. The molecule has 0 aliphatic rings. The number of rotatable bonds is 9. The van der Waals surface area contributed by atoms with Crippen LogP contribution in [0.2, 0.25) is 5.02 Å². The van der Waals surface area contributed by atoms with Crippen LogP contribution >= 0.6 is 11.6 Å². The Balaban J connectivity index is 2.97. The maximum Gasteiger partial charge on any atom is 0.0637 e. The average Bonchev–Trinajstić information content (AvgIpc) is 2.47. The highest BCUT2D eigenvalue weighted by molar-refractivity contribution is 6.31. The van der Waals surface area contributed by atoms with Gasteiger partial charge in [0.25, 0.3) is 0 Å². The minimum absolute atomic E-state index is 0.271. The second-order valence-corrected chi connectivity index (χ2v) is 5.84. The molecule has 1 rings (SSSR count). The van der Waals surface area contributed by atoms with Crippen molar-refractivity contribution in [3.05, 3.63) is 28.8 Å². The van der Waals surface area contributed by atoms with Crippen LogP contribution < -0.4 is 10.2 Å². The largest absolute Gasteiger partial charge is 0.383 e. The van der Waals surface area contributed by atoms with Gasteiger partial charge in [0.05, 0.1) is 6.61 Å². The van der Waals surface area contributed by atoms with Crippen LogP contribution in [0.3, 0.4) is 0 Å². The predicted molar refractivity (Wildman–Crippen MR) is 92.5 cm³/mol. The second-order valence-electron chi connectivity index (χ2n) is 5.43. The summed E-state index contributed by atoms with van der Waals surface area (Å²) in [5, 5.41) is 4.23. The molecule has 1 N–H and O–H groups in total. The molecule has 0 spiro atoms. The van der Waals surface area contributed by atoms with E-state index in [0.717, 1.165) is 36.7 Å². The summed E-state index contributed by atoms with van der Waals surface area (Å²) >= 11 is 6.49. The van der Waals surface area contributed by atoms with Gasteiger partial charge in [-0.05, 0) is 44.5 Å². The predicted octanol–water partition coefficient (Wildman–Crippen LogP) is 4.26. The second kappa shape index (κ2) is 9.29. The molecule has 0 saturated carbocycles. The maximum absolute atomic E-state index is 6.49. The lowest BCUT2D eigenvalue weighted by molar-refractivity contribution is 0.203. The highest BCUT2D eigenvalue weighted by Gasteiger charge is 2.15. The molecule has 0 aliphatic heterocycles. The van der Waals surface area contributed by atoms with E-state index in [1.54, 1.807) is 7.11 Å². The molecular formula is C17H29ClN2O. The molecule has 0 amide bonds. The minimum atomic E-state index is 0.271. The summed E-state index contributed by atoms with van der Waals surface area (Å²) in [6.45, 7) is 11.2. The molecule has 1 aromatic rings. The van der Waals surface area contributed by atoms with Gasteiger partial charge >= 0.3 is 0 Å². The van der Waals surface area contributed by atoms with Gasteiger partial charge in [-0.15, -0.1) is 0 Å². The highest BCUT2D eigenvalue weighted by atomic mass is 35.5. The quantitative estimate of drug-likeness (QED) is 0.737. The van der Waals surface area contributed by atoms with Crippen molar-refractivity contribution in [3.8, 4) is 0 Å². The Hall–Kier alpha value is -0.770. The van der Waals surface area contributed by atoms with Gasteiger partial charge in [0.1, 0.15) is 0 Å². The van der Waals surface area contributed by atoms with Crippen LogP contribution in [-0.2, 0) is 4.74 Å². The summed E-state index contributed by atoms with van der Waals surface area (Å²) in [5.41, 5.74) is 2.32. The SMILES string of the molecule is CCNC(C)c1ccc(N(CCOC)C(C)CC)cc1Cl. The smallest absolute Gasteiger partial charge is 0.0637 e. The van der Waals surface area contributed by atoms with Gasteiger partial charge < -0.3 is 15.0 Å². The molecular weight excluding hydrogens is 284 g/mol. The number of anilines is 1. The van der Waals surface area contributed by atoms with E-state index in [1.807, 2.05) is 0 Å². The summed E-state index contributed by atoms with van der Waals surface area (Å²) in [5.74, 6) is 0. The normalized spacial score (nSPS) is 14.0. The van der Waals surface area contributed by atoms with Crippen LogP contribution in [0.15, 0.2) is 18.2 Å². The van der Waals surface area contributed by atoms with E-state index in [0.29, 0.717) is 6.04 Å². The molecule has 0 saturated heterocycles. The van der Waals surface area contributed by atoms with Gasteiger partial charge in [0, 0.05) is 36.4 Å². The lowest BCUT2D eigenvalue weighted by atomic mass is 10.1. The van der Waals surface area contributed by atoms with Crippen molar-refractivity contribution in [2.24, 2.45) is 0 Å². The Morgan fingerprint density at radius 1 is 1.29 bits per heavy atom. The van der Waals surface area contributed by atoms with Gasteiger partial charge in [0.2, 0.25) is 0 Å². The molecule has 0 aromatic heterocycles. The third-order valence-electron chi connectivity index (χ3n) is 3.95. The van der Waals surface area contributed by atoms with Crippen molar-refractivity contribution < 1.29 is 4.74 Å². The molecule has 0 fully saturated rings. The van der Waals surface area contributed by atoms with Gasteiger partial charge in [0.15, 0.2) is 0 Å². The van der Waals surface area contributed by atoms with Crippen molar-refractivity contribution in [1.29, 1.82) is 0 Å². The lowest BCUT2D eigenvalue weighted by Crippen LogP contribution is -2.35. The summed E-state index contributed by atoms with van der Waals surface area (Å²) < 4.78 is 5.23. The molecule has 120 valence electrons. The zero-order valence-electron chi connectivity index (χ0n) is 13.9. The standard InChI is InChI=1S/C17H29ClN2O/c1-6-13(3)20(10-11-21-5)15-8-9-16(17(18)12-15)14(4)19-7-2/h8-9,12-14,19H,6-7,10-11H2,1-5H3. The zero-order chi connectivity index (χ0) is 15.8. The number of hydrogen-bond acceptors (Lipinski definition) is 3. The van der Waals surface area contributed by atoms with E-state index >= 15 is 0 Å². The topological polar surface area (TPSA) is 24.5 Å². The molecule has 1 aromatic carbocycles. The van der Waals surface area contributed by atoms with Crippen molar-refractivity contribution >= 4 is 17.3 Å². The first-order valence-corrected chi connectivity index (χ1v) is 8.21. The van der Waals surface area contributed by atoms with Gasteiger partial charge in [-0.25, -0.2) is 0 Å². The molecule has 2 atom stereocenters. The molecule has 0 aliphatic carbocycles. The van der Waals surface area contributed by atoms with Gasteiger partial charge in [-0.1, -0.05) is 31.5 Å². The summed E-state index contributed by atoms with van der Waals surface area (Å²) in [4.78, 5) is 2.36.